The first kappa shape index (κ1) is 21.9. The second kappa shape index (κ2) is 10.3. The first-order valence-corrected chi connectivity index (χ1v) is 10.6. The normalized spacial score (nSPS) is 10.8. The predicted octanol–water partition coefficient (Wildman–Crippen LogP) is 4.99. The molecule has 0 saturated heterocycles. The van der Waals surface area contributed by atoms with E-state index in [9.17, 15) is 4.79 Å². The summed E-state index contributed by atoms with van der Waals surface area (Å²) in [5, 5.41) is 4.09. The van der Waals surface area contributed by atoms with Gasteiger partial charge in [0.1, 0.15) is 11.5 Å². The molecule has 0 aliphatic rings. The van der Waals surface area contributed by atoms with Gasteiger partial charge in [-0.05, 0) is 66.6 Å². The molecule has 4 aromatic rings. The number of hydrogen-bond acceptors (Lipinski definition) is 4. The molecule has 1 heterocycles. The third kappa shape index (κ3) is 5.49. The molecular weight excluding hydrogens is 414 g/mol. The molecule has 3 aromatic carbocycles. The van der Waals surface area contributed by atoms with Crippen molar-refractivity contribution in [2.45, 2.75) is 6.92 Å². The number of ether oxygens (including phenoxy) is 2. The monoisotopic (exact) mass is 439 g/mol. The average molecular weight is 440 g/mol. The number of rotatable bonds is 8. The Kier molecular flexibility index (Phi) is 6.85. The van der Waals surface area contributed by atoms with Gasteiger partial charge in [-0.1, -0.05) is 42.5 Å². The van der Waals surface area contributed by atoms with E-state index in [1.54, 1.807) is 13.3 Å². The molecule has 6 nitrogen and oxygen atoms in total. The third-order valence-corrected chi connectivity index (χ3v) is 5.15. The summed E-state index contributed by atoms with van der Waals surface area (Å²) >= 11 is 0. The quantitative estimate of drug-likeness (QED) is 0.311. The van der Waals surface area contributed by atoms with Crippen LogP contribution >= 0.6 is 0 Å². The van der Waals surface area contributed by atoms with E-state index in [-0.39, 0.29) is 12.5 Å². The van der Waals surface area contributed by atoms with Crippen LogP contribution in [0.5, 0.6) is 11.5 Å². The van der Waals surface area contributed by atoms with E-state index in [1.165, 1.54) is 0 Å². The van der Waals surface area contributed by atoms with Gasteiger partial charge in [0, 0.05) is 11.4 Å². The van der Waals surface area contributed by atoms with Crippen LogP contribution in [-0.2, 0) is 4.79 Å². The summed E-state index contributed by atoms with van der Waals surface area (Å²) < 4.78 is 12.8. The Labute approximate surface area is 193 Å². The lowest BCUT2D eigenvalue weighted by Gasteiger charge is -2.10. The largest absolute Gasteiger partial charge is 0.497 e. The zero-order valence-corrected chi connectivity index (χ0v) is 18.6. The molecule has 0 spiro atoms. The zero-order chi connectivity index (χ0) is 23.0. The highest BCUT2D eigenvalue weighted by atomic mass is 16.5. The molecule has 166 valence electrons. The molecule has 0 bridgehead atoms. The molecule has 1 aromatic heterocycles. The van der Waals surface area contributed by atoms with Crippen molar-refractivity contribution in [3.05, 3.63) is 102 Å². The number of hydrogen-bond donors (Lipinski definition) is 1. The highest BCUT2D eigenvalue weighted by molar-refractivity contribution is 5.82. The predicted molar refractivity (Wildman–Crippen MR) is 130 cm³/mol. The minimum Gasteiger partial charge on any atom is -0.497 e. The fourth-order valence-corrected chi connectivity index (χ4v) is 3.47. The van der Waals surface area contributed by atoms with E-state index in [0.29, 0.717) is 5.75 Å². The molecule has 33 heavy (non-hydrogen) atoms. The summed E-state index contributed by atoms with van der Waals surface area (Å²) in [6.45, 7) is 1.89. The van der Waals surface area contributed by atoms with Crippen LogP contribution < -0.4 is 14.9 Å². The Morgan fingerprint density at radius 1 is 0.879 bits per heavy atom. The minimum atomic E-state index is -0.335. The van der Waals surface area contributed by atoms with Gasteiger partial charge >= 0.3 is 0 Å². The van der Waals surface area contributed by atoms with Crippen LogP contribution in [-0.4, -0.2) is 30.4 Å². The van der Waals surface area contributed by atoms with Crippen LogP contribution in [0.3, 0.4) is 0 Å². The molecule has 0 aliphatic carbocycles. The van der Waals surface area contributed by atoms with Crippen LogP contribution in [0.1, 0.15) is 11.4 Å². The number of carbonyl (C=O) groups excluding carboxylic acids is 1. The van der Waals surface area contributed by atoms with Crippen molar-refractivity contribution in [2.75, 3.05) is 13.7 Å². The van der Waals surface area contributed by atoms with Crippen LogP contribution in [0.15, 0.2) is 96.1 Å². The number of hydrazone groups is 1. The summed E-state index contributed by atoms with van der Waals surface area (Å²) in [7, 11) is 1.64. The highest BCUT2D eigenvalue weighted by Crippen LogP contribution is 2.22. The van der Waals surface area contributed by atoms with Crippen LogP contribution in [0.2, 0.25) is 0 Å². The Bertz CT molecular complexity index is 1230. The summed E-state index contributed by atoms with van der Waals surface area (Å²) in [6.07, 6.45) is 1.61. The average Bonchev–Trinajstić information content (AvgIpc) is 3.23. The summed E-state index contributed by atoms with van der Waals surface area (Å²) in [5.41, 5.74) is 7.61. The van der Waals surface area contributed by atoms with Crippen LogP contribution in [0.4, 0.5) is 0 Å². The van der Waals surface area contributed by atoms with Gasteiger partial charge in [0.05, 0.1) is 19.0 Å². The lowest BCUT2D eigenvalue weighted by atomic mass is 10.1. The first-order chi connectivity index (χ1) is 16.1. The van der Waals surface area contributed by atoms with Crippen molar-refractivity contribution in [3.8, 4) is 28.3 Å². The van der Waals surface area contributed by atoms with Crippen molar-refractivity contribution in [1.29, 1.82) is 0 Å². The summed E-state index contributed by atoms with van der Waals surface area (Å²) in [5.74, 6) is 1.08. The van der Waals surface area contributed by atoms with Gasteiger partial charge < -0.3 is 14.0 Å². The van der Waals surface area contributed by atoms with E-state index >= 15 is 0 Å². The Morgan fingerprint density at radius 2 is 1.55 bits per heavy atom. The number of aryl methyl sites for hydroxylation is 1. The lowest BCUT2D eigenvalue weighted by molar-refractivity contribution is -0.123. The van der Waals surface area contributed by atoms with Gasteiger partial charge in [0.25, 0.3) is 5.91 Å². The minimum absolute atomic E-state index is 0.124. The number of benzene rings is 3. The van der Waals surface area contributed by atoms with Crippen LogP contribution in [0.25, 0.3) is 16.8 Å². The van der Waals surface area contributed by atoms with Crippen molar-refractivity contribution < 1.29 is 14.3 Å². The van der Waals surface area contributed by atoms with Gasteiger partial charge in [0.15, 0.2) is 6.61 Å². The number of methoxy groups -OCH3 is 1. The Hall–Kier alpha value is -4.32. The maximum Gasteiger partial charge on any atom is 0.277 e. The van der Waals surface area contributed by atoms with Gasteiger partial charge in [-0.15, -0.1) is 0 Å². The van der Waals surface area contributed by atoms with E-state index in [2.05, 4.69) is 10.5 Å². The second-order valence-corrected chi connectivity index (χ2v) is 7.41. The summed E-state index contributed by atoms with van der Waals surface area (Å²) in [6, 6.07) is 29.4. The molecule has 0 aliphatic heterocycles. The number of amides is 1. The fourth-order valence-electron chi connectivity index (χ4n) is 3.47. The standard InChI is InChI=1S/C27H25N3O3/c1-20-8-11-24(30(20)23-12-16-25(32-2)17-13-23)18-28-29-27(31)19-33-26-14-9-22(10-15-26)21-6-4-3-5-7-21/h3-18H,19H2,1-2H3,(H,29,31)/b28-18-. The molecule has 1 N–H and O–H groups in total. The Morgan fingerprint density at radius 3 is 2.24 bits per heavy atom. The summed E-state index contributed by atoms with van der Waals surface area (Å²) in [4.78, 5) is 12.2. The number of aromatic nitrogens is 1. The first-order valence-electron chi connectivity index (χ1n) is 10.6. The molecule has 0 unspecified atom stereocenters. The Balaban J connectivity index is 1.32. The zero-order valence-electron chi connectivity index (χ0n) is 18.6. The third-order valence-electron chi connectivity index (χ3n) is 5.15. The smallest absolute Gasteiger partial charge is 0.277 e. The van der Waals surface area contributed by atoms with Crippen molar-refractivity contribution in [3.63, 3.8) is 0 Å². The molecule has 1 amide bonds. The van der Waals surface area contributed by atoms with Gasteiger partial charge in [-0.25, -0.2) is 5.43 Å². The van der Waals surface area contributed by atoms with Crippen molar-refractivity contribution in [1.82, 2.24) is 9.99 Å². The molecule has 4 rings (SSSR count). The van der Waals surface area contributed by atoms with E-state index in [1.807, 2.05) is 102 Å². The molecular formula is C27H25N3O3. The lowest BCUT2D eigenvalue weighted by Crippen LogP contribution is -2.24. The number of nitrogens with zero attached hydrogens (tertiary/aromatic N) is 2. The van der Waals surface area contributed by atoms with E-state index in [4.69, 9.17) is 9.47 Å². The maximum absolute atomic E-state index is 12.2. The SMILES string of the molecule is COc1ccc(-n2c(C)ccc2/C=N\NC(=O)COc2ccc(-c3ccccc3)cc2)cc1. The van der Waals surface area contributed by atoms with Gasteiger partial charge in [-0.3, -0.25) is 4.79 Å². The van der Waals surface area contributed by atoms with Crippen molar-refractivity contribution in [2.24, 2.45) is 5.10 Å². The fraction of sp³-hybridized carbons (Fsp3) is 0.111. The van der Waals surface area contributed by atoms with Crippen LogP contribution in [0, 0.1) is 6.92 Å². The number of nitrogens with one attached hydrogen (secondary N) is 1. The topological polar surface area (TPSA) is 64.8 Å². The van der Waals surface area contributed by atoms with E-state index in [0.717, 1.165) is 34.0 Å². The molecule has 0 atom stereocenters. The molecule has 0 fully saturated rings. The van der Waals surface area contributed by atoms with Gasteiger partial charge in [0.2, 0.25) is 0 Å². The molecule has 0 radical (unpaired) electrons. The molecule has 6 heteroatoms. The maximum atomic E-state index is 12.2. The van der Waals surface area contributed by atoms with E-state index < -0.39 is 0 Å². The van der Waals surface area contributed by atoms with Crippen molar-refractivity contribution >= 4 is 12.1 Å². The van der Waals surface area contributed by atoms with Gasteiger partial charge in [-0.2, -0.15) is 5.10 Å². The second-order valence-electron chi connectivity index (χ2n) is 7.41. The number of carbonyl (C=O) groups is 1. The molecule has 0 saturated carbocycles. The highest BCUT2D eigenvalue weighted by Gasteiger charge is 2.07.